The third-order valence-corrected chi connectivity index (χ3v) is 5.39. The summed E-state index contributed by atoms with van der Waals surface area (Å²) in [6.45, 7) is 3.66. The summed E-state index contributed by atoms with van der Waals surface area (Å²) in [6, 6.07) is 15.2. The second-order valence-electron chi connectivity index (χ2n) is 6.81. The number of hydrogen-bond donors (Lipinski definition) is 1. The van der Waals surface area contributed by atoms with Crippen molar-refractivity contribution in [3.05, 3.63) is 70.6 Å². The predicted molar refractivity (Wildman–Crippen MR) is 105 cm³/mol. The molecule has 1 atom stereocenters. The topological polar surface area (TPSA) is 68.3 Å². The average Bonchev–Trinajstić information content (AvgIpc) is 3.10. The van der Waals surface area contributed by atoms with E-state index in [0.717, 1.165) is 16.8 Å². The molecule has 2 aromatic carbocycles. The summed E-state index contributed by atoms with van der Waals surface area (Å²) in [5, 5.41) is 5.17. The van der Waals surface area contributed by atoms with Crippen molar-refractivity contribution in [2.45, 2.75) is 25.9 Å². The van der Waals surface area contributed by atoms with Crippen molar-refractivity contribution in [3.8, 4) is 11.3 Å². The Morgan fingerprint density at radius 2 is 1.93 bits per heavy atom. The molecular formula is C21H18N2O3S. The Morgan fingerprint density at radius 3 is 2.70 bits per heavy atom. The Balaban J connectivity index is 1.53. The molecule has 0 fully saturated rings. The van der Waals surface area contributed by atoms with Crippen LogP contribution in [0.15, 0.2) is 53.9 Å². The Bertz CT molecular complexity index is 1030. The van der Waals surface area contributed by atoms with Crippen LogP contribution in [-0.2, 0) is 16.0 Å². The van der Waals surface area contributed by atoms with E-state index in [2.05, 4.69) is 10.3 Å². The number of amides is 1. The number of anilines is 1. The molecule has 0 saturated heterocycles. The molecule has 0 radical (unpaired) electrons. The highest BCUT2D eigenvalue weighted by atomic mass is 32.1. The number of ether oxygens (including phenoxy) is 1. The first-order chi connectivity index (χ1) is 12.9. The lowest BCUT2D eigenvalue weighted by Crippen LogP contribution is -2.48. The maximum Gasteiger partial charge on any atom is 0.339 e. The largest absolute Gasteiger partial charge is 0.445 e. The molecule has 4 rings (SSSR count). The Morgan fingerprint density at radius 1 is 1.19 bits per heavy atom. The molecule has 0 bridgehead atoms. The van der Waals surface area contributed by atoms with Gasteiger partial charge in [-0.05, 0) is 25.5 Å². The number of carbonyl (C=O) groups is 2. The van der Waals surface area contributed by atoms with Crippen molar-refractivity contribution in [1.82, 2.24) is 4.98 Å². The zero-order valence-corrected chi connectivity index (χ0v) is 15.8. The highest BCUT2D eigenvalue weighted by Crippen LogP contribution is 2.31. The summed E-state index contributed by atoms with van der Waals surface area (Å²) in [5.74, 6) is -0.857. The highest BCUT2D eigenvalue weighted by molar-refractivity contribution is 7.14. The van der Waals surface area contributed by atoms with Gasteiger partial charge in [0, 0.05) is 17.4 Å². The second kappa shape index (κ2) is 6.63. The second-order valence-corrected chi connectivity index (χ2v) is 7.67. The standard InChI is InChI=1S/C21H18N2O3S/c1-13-7-9-14(10-8-13)17-12-27-20(22-17)23-19(25)21(2)11-15-5-3-4-6-16(15)18(24)26-21/h3-10,12H,11H2,1-2H3,(H,22,23,25)/t21-/m1/s1. The number of benzene rings is 2. The van der Waals surface area contributed by atoms with Gasteiger partial charge in [0.1, 0.15) is 0 Å². The first-order valence-electron chi connectivity index (χ1n) is 8.60. The van der Waals surface area contributed by atoms with Crippen molar-refractivity contribution in [3.63, 3.8) is 0 Å². The SMILES string of the molecule is Cc1ccc(-c2csc(NC(=O)[C@@]3(C)Cc4ccccc4C(=O)O3)n2)cc1. The van der Waals surface area contributed by atoms with Crippen molar-refractivity contribution in [2.24, 2.45) is 0 Å². The first-order valence-corrected chi connectivity index (χ1v) is 9.48. The van der Waals surface area contributed by atoms with Gasteiger partial charge in [0.15, 0.2) is 10.7 Å². The summed E-state index contributed by atoms with van der Waals surface area (Å²) >= 11 is 1.34. The Kier molecular flexibility index (Phi) is 4.28. The fourth-order valence-corrected chi connectivity index (χ4v) is 3.79. The van der Waals surface area contributed by atoms with Crippen LogP contribution in [0, 0.1) is 6.92 Å². The van der Waals surface area contributed by atoms with Gasteiger partial charge in [-0.25, -0.2) is 9.78 Å². The van der Waals surface area contributed by atoms with Gasteiger partial charge in [0.2, 0.25) is 0 Å². The third kappa shape index (κ3) is 3.36. The van der Waals surface area contributed by atoms with E-state index in [1.165, 1.54) is 16.9 Å². The molecule has 0 spiro atoms. The first kappa shape index (κ1) is 17.4. The minimum atomic E-state index is -1.26. The van der Waals surface area contributed by atoms with Gasteiger partial charge in [-0.15, -0.1) is 11.3 Å². The molecule has 27 heavy (non-hydrogen) atoms. The van der Waals surface area contributed by atoms with Crippen LogP contribution in [0.1, 0.15) is 28.4 Å². The molecule has 5 nitrogen and oxygen atoms in total. The fourth-order valence-electron chi connectivity index (χ4n) is 3.08. The molecule has 1 aliphatic heterocycles. The molecule has 3 aromatic rings. The zero-order chi connectivity index (χ0) is 19.0. The van der Waals surface area contributed by atoms with Gasteiger partial charge in [-0.3, -0.25) is 10.1 Å². The van der Waals surface area contributed by atoms with Crippen LogP contribution >= 0.6 is 11.3 Å². The summed E-state index contributed by atoms with van der Waals surface area (Å²) in [5.41, 5.74) is 3.02. The molecule has 1 N–H and O–H groups in total. The van der Waals surface area contributed by atoms with Gasteiger partial charge in [0.25, 0.3) is 5.91 Å². The van der Waals surface area contributed by atoms with E-state index in [4.69, 9.17) is 4.74 Å². The van der Waals surface area contributed by atoms with Gasteiger partial charge in [0.05, 0.1) is 11.3 Å². The number of nitrogens with zero attached hydrogens (tertiary/aromatic N) is 1. The number of fused-ring (bicyclic) bond motifs is 1. The molecule has 0 unspecified atom stereocenters. The van der Waals surface area contributed by atoms with E-state index in [0.29, 0.717) is 17.1 Å². The number of thiazole rings is 1. The molecule has 2 heterocycles. The van der Waals surface area contributed by atoms with E-state index in [1.54, 1.807) is 19.1 Å². The number of aryl methyl sites for hydroxylation is 1. The highest BCUT2D eigenvalue weighted by Gasteiger charge is 2.42. The van der Waals surface area contributed by atoms with Crippen molar-refractivity contribution < 1.29 is 14.3 Å². The lowest BCUT2D eigenvalue weighted by atomic mass is 9.89. The van der Waals surface area contributed by atoms with E-state index >= 15 is 0 Å². The molecular weight excluding hydrogens is 360 g/mol. The number of rotatable bonds is 3. The molecule has 1 aromatic heterocycles. The molecule has 0 aliphatic carbocycles. The predicted octanol–water partition coefficient (Wildman–Crippen LogP) is 4.23. The van der Waals surface area contributed by atoms with Gasteiger partial charge in [-0.2, -0.15) is 0 Å². The molecule has 0 saturated carbocycles. The number of nitrogens with one attached hydrogen (secondary N) is 1. The molecule has 136 valence electrons. The van der Waals surface area contributed by atoms with E-state index < -0.39 is 11.6 Å². The minimum Gasteiger partial charge on any atom is -0.445 e. The average molecular weight is 378 g/mol. The zero-order valence-electron chi connectivity index (χ0n) is 15.0. The van der Waals surface area contributed by atoms with E-state index in [-0.39, 0.29) is 5.91 Å². The van der Waals surface area contributed by atoms with Crippen molar-refractivity contribution in [1.29, 1.82) is 0 Å². The quantitative estimate of drug-likeness (QED) is 0.693. The number of esters is 1. The van der Waals surface area contributed by atoms with Gasteiger partial charge < -0.3 is 4.74 Å². The summed E-state index contributed by atoms with van der Waals surface area (Å²) in [6.07, 6.45) is 0.330. The van der Waals surface area contributed by atoms with Crippen LogP contribution in [-0.4, -0.2) is 22.5 Å². The van der Waals surface area contributed by atoms with E-state index in [1.807, 2.05) is 48.7 Å². The molecule has 1 amide bonds. The third-order valence-electron chi connectivity index (χ3n) is 4.64. The van der Waals surface area contributed by atoms with Gasteiger partial charge >= 0.3 is 5.97 Å². The summed E-state index contributed by atoms with van der Waals surface area (Å²) in [4.78, 5) is 29.6. The summed E-state index contributed by atoms with van der Waals surface area (Å²) < 4.78 is 5.46. The monoisotopic (exact) mass is 378 g/mol. The van der Waals surface area contributed by atoms with Crippen LogP contribution in [0.3, 0.4) is 0 Å². The minimum absolute atomic E-state index is 0.330. The normalized spacial score (nSPS) is 18.5. The van der Waals surface area contributed by atoms with Crippen LogP contribution in [0.25, 0.3) is 11.3 Å². The van der Waals surface area contributed by atoms with Crippen LogP contribution in [0.2, 0.25) is 0 Å². The Labute approximate surface area is 161 Å². The molecule has 1 aliphatic rings. The van der Waals surface area contributed by atoms with E-state index in [9.17, 15) is 9.59 Å². The van der Waals surface area contributed by atoms with Gasteiger partial charge in [-0.1, -0.05) is 48.0 Å². The van der Waals surface area contributed by atoms with Crippen molar-refractivity contribution >= 4 is 28.3 Å². The molecule has 6 heteroatoms. The number of cyclic esters (lactones) is 1. The summed E-state index contributed by atoms with van der Waals surface area (Å²) in [7, 11) is 0. The maximum absolute atomic E-state index is 12.8. The van der Waals surface area contributed by atoms with Crippen LogP contribution in [0.4, 0.5) is 5.13 Å². The van der Waals surface area contributed by atoms with Crippen LogP contribution in [0.5, 0.6) is 0 Å². The smallest absolute Gasteiger partial charge is 0.339 e. The van der Waals surface area contributed by atoms with Crippen molar-refractivity contribution in [2.75, 3.05) is 5.32 Å². The number of hydrogen-bond acceptors (Lipinski definition) is 5. The fraction of sp³-hybridized carbons (Fsp3) is 0.190. The lowest BCUT2D eigenvalue weighted by molar-refractivity contribution is -0.134. The lowest BCUT2D eigenvalue weighted by Gasteiger charge is -2.32. The maximum atomic E-state index is 12.8. The number of aromatic nitrogens is 1. The number of carbonyl (C=O) groups excluding carboxylic acids is 2. The van der Waals surface area contributed by atoms with Crippen LogP contribution < -0.4 is 5.32 Å². The Hall–Kier alpha value is -2.99.